The van der Waals surface area contributed by atoms with Gasteiger partial charge in [-0.25, -0.2) is 4.98 Å². The summed E-state index contributed by atoms with van der Waals surface area (Å²) in [5.74, 6) is 1.30. The maximum absolute atomic E-state index is 12.3. The molecule has 1 atom stereocenters. The highest BCUT2D eigenvalue weighted by molar-refractivity contribution is 5.77. The van der Waals surface area contributed by atoms with Gasteiger partial charge in [0.05, 0.1) is 6.04 Å². The molecule has 0 spiro atoms. The first-order valence-corrected chi connectivity index (χ1v) is 7.71. The number of hydrogen-bond acceptors (Lipinski definition) is 3. The van der Waals surface area contributed by atoms with Crippen molar-refractivity contribution >= 4 is 12.4 Å². The summed E-state index contributed by atoms with van der Waals surface area (Å²) in [6.45, 7) is 5.50. The van der Waals surface area contributed by atoms with Gasteiger partial charge in [0.2, 0.25) is 5.91 Å². The summed E-state index contributed by atoms with van der Waals surface area (Å²) < 4.78 is 2.08. The second-order valence-electron chi connectivity index (χ2n) is 5.08. The van der Waals surface area contributed by atoms with Crippen molar-refractivity contribution in [1.82, 2.24) is 14.5 Å². The Morgan fingerprint density at radius 1 is 1.50 bits per heavy atom. The quantitative estimate of drug-likeness (QED) is 0.645. The molecule has 0 saturated heterocycles. The molecular formula is C16H25N3O3. The summed E-state index contributed by atoms with van der Waals surface area (Å²) in [7, 11) is 0. The summed E-state index contributed by atoms with van der Waals surface area (Å²) in [5.41, 5.74) is 0. The predicted octanol–water partition coefficient (Wildman–Crippen LogP) is 2.10. The monoisotopic (exact) mass is 307 g/mol. The Morgan fingerprint density at radius 3 is 2.86 bits per heavy atom. The van der Waals surface area contributed by atoms with Gasteiger partial charge in [-0.3, -0.25) is 9.59 Å². The minimum Gasteiger partial charge on any atom is -0.483 e. The van der Waals surface area contributed by atoms with Gasteiger partial charge >= 0.3 is 0 Å². The number of aryl methyl sites for hydroxylation is 2. The Hall–Kier alpha value is -2.11. The number of nitrogens with zero attached hydrogens (tertiary/aromatic N) is 3. The van der Waals surface area contributed by atoms with Crippen molar-refractivity contribution in [3.8, 4) is 0 Å². The average molecular weight is 307 g/mol. The topological polar surface area (TPSA) is 75.4 Å². The zero-order valence-electron chi connectivity index (χ0n) is 13.3. The van der Waals surface area contributed by atoms with Crippen molar-refractivity contribution in [2.45, 2.75) is 52.1 Å². The molecule has 0 radical (unpaired) electrons. The Balaban J connectivity index is 0.000000745. The van der Waals surface area contributed by atoms with Gasteiger partial charge in [-0.15, -0.1) is 0 Å². The SMILES string of the molecule is CCCC1C=CCN1C(=O)CCn1ccnc1CC.O=CO. The van der Waals surface area contributed by atoms with Crippen molar-refractivity contribution in [2.75, 3.05) is 6.54 Å². The Labute approximate surface area is 131 Å². The Bertz CT molecular complexity index is 497. The van der Waals surface area contributed by atoms with Crippen LogP contribution in [0.5, 0.6) is 0 Å². The molecule has 0 aromatic carbocycles. The second kappa shape index (κ2) is 9.76. The third kappa shape index (κ3) is 5.02. The number of hydrogen-bond donors (Lipinski definition) is 1. The molecule has 2 rings (SSSR count). The highest BCUT2D eigenvalue weighted by Crippen LogP contribution is 2.16. The van der Waals surface area contributed by atoms with Crippen molar-refractivity contribution in [3.05, 3.63) is 30.4 Å². The number of amides is 1. The van der Waals surface area contributed by atoms with Gasteiger partial charge < -0.3 is 14.6 Å². The van der Waals surface area contributed by atoms with Gasteiger partial charge in [-0.2, -0.15) is 0 Å². The first-order chi connectivity index (χ1) is 10.7. The first kappa shape index (κ1) is 17.9. The van der Waals surface area contributed by atoms with Gasteiger partial charge in [0.1, 0.15) is 5.82 Å². The molecular weight excluding hydrogens is 282 g/mol. The van der Waals surface area contributed by atoms with Crippen LogP contribution in [0.3, 0.4) is 0 Å². The van der Waals surface area contributed by atoms with E-state index in [4.69, 9.17) is 9.90 Å². The molecule has 1 N–H and O–H groups in total. The molecule has 0 fully saturated rings. The van der Waals surface area contributed by atoms with Gasteiger partial charge in [0.25, 0.3) is 6.47 Å². The zero-order valence-corrected chi connectivity index (χ0v) is 13.3. The van der Waals surface area contributed by atoms with Crippen LogP contribution in [0.1, 0.15) is 38.9 Å². The van der Waals surface area contributed by atoms with Crippen molar-refractivity contribution < 1.29 is 14.7 Å². The molecule has 6 nitrogen and oxygen atoms in total. The molecule has 1 aliphatic rings. The lowest BCUT2D eigenvalue weighted by molar-refractivity contribution is -0.132. The normalized spacial score (nSPS) is 16.3. The maximum atomic E-state index is 12.3. The standard InChI is InChI=1S/C15H23N3O.CH2O2/c1-3-6-13-7-5-10-18(13)15(19)8-11-17-12-9-16-14(17)4-2;2-1-3/h5,7,9,12-13H,3-4,6,8,10-11H2,1-2H3;1H,(H,2,3). The molecule has 22 heavy (non-hydrogen) atoms. The van der Waals surface area contributed by atoms with E-state index in [9.17, 15) is 4.79 Å². The molecule has 0 bridgehead atoms. The van der Waals surface area contributed by atoms with Crippen LogP contribution in [0.4, 0.5) is 0 Å². The molecule has 1 aliphatic heterocycles. The van der Waals surface area contributed by atoms with Crippen LogP contribution in [0.2, 0.25) is 0 Å². The summed E-state index contributed by atoms with van der Waals surface area (Å²) in [5, 5.41) is 6.89. The number of rotatable bonds is 6. The summed E-state index contributed by atoms with van der Waals surface area (Å²) in [6, 6.07) is 0.311. The van der Waals surface area contributed by atoms with E-state index in [-0.39, 0.29) is 12.4 Å². The number of carbonyl (C=O) groups excluding carboxylic acids is 1. The van der Waals surface area contributed by atoms with E-state index in [1.54, 1.807) is 6.20 Å². The molecule has 1 amide bonds. The van der Waals surface area contributed by atoms with Crippen LogP contribution < -0.4 is 0 Å². The molecule has 1 unspecified atom stereocenters. The van der Waals surface area contributed by atoms with Gasteiger partial charge in [0, 0.05) is 38.3 Å². The lowest BCUT2D eigenvalue weighted by atomic mass is 10.1. The number of aromatic nitrogens is 2. The van der Waals surface area contributed by atoms with E-state index in [2.05, 4.69) is 35.6 Å². The third-order valence-corrected chi connectivity index (χ3v) is 3.65. The first-order valence-electron chi connectivity index (χ1n) is 7.71. The highest BCUT2D eigenvalue weighted by atomic mass is 16.3. The molecule has 0 aliphatic carbocycles. The van der Waals surface area contributed by atoms with E-state index in [1.165, 1.54) is 0 Å². The highest BCUT2D eigenvalue weighted by Gasteiger charge is 2.23. The fourth-order valence-electron chi connectivity index (χ4n) is 2.62. The van der Waals surface area contributed by atoms with Crippen molar-refractivity contribution in [1.29, 1.82) is 0 Å². The molecule has 6 heteroatoms. The largest absolute Gasteiger partial charge is 0.483 e. The van der Waals surface area contributed by atoms with E-state index < -0.39 is 0 Å². The fourth-order valence-corrected chi connectivity index (χ4v) is 2.62. The van der Waals surface area contributed by atoms with E-state index in [0.717, 1.165) is 38.2 Å². The molecule has 1 aromatic heterocycles. The number of carbonyl (C=O) groups is 2. The van der Waals surface area contributed by atoms with Crippen molar-refractivity contribution in [3.63, 3.8) is 0 Å². The van der Waals surface area contributed by atoms with Crippen LogP contribution in [0.15, 0.2) is 24.5 Å². The second-order valence-corrected chi connectivity index (χ2v) is 5.08. The lowest BCUT2D eigenvalue weighted by Crippen LogP contribution is -2.36. The Kier molecular flexibility index (Phi) is 7.96. The minimum absolute atomic E-state index is 0.249. The van der Waals surface area contributed by atoms with Crippen LogP contribution >= 0.6 is 0 Å². The summed E-state index contributed by atoms with van der Waals surface area (Å²) in [6.07, 6.45) is 11.7. The third-order valence-electron chi connectivity index (χ3n) is 3.65. The smallest absolute Gasteiger partial charge is 0.290 e. The predicted molar refractivity (Wildman–Crippen MR) is 84.5 cm³/mol. The van der Waals surface area contributed by atoms with Gasteiger partial charge in [-0.05, 0) is 6.42 Å². The zero-order chi connectivity index (χ0) is 16.4. The van der Waals surface area contributed by atoms with Crippen LogP contribution in [0.25, 0.3) is 0 Å². The molecule has 2 heterocycles. The van der Waals surface area contributed by atoms with E-state index in [0.29, 0.717) is 12.5 Å². The van der Waals surface area contributed by atoms with E-state index in [1.807, 2.05) is 11.1 Å². The number of imidazole rings is 1. The fraction of sp³-hybridized carbons (Fsp3) is 0.562. The van der Waals surface area contributed by atoms with Crippen molar-refractivity contribution in [2.24, 2.45) is 0 Å². The molecule has 1 aromatic rings. The van der Waals surface area contributed by atoms with Crippen LogP contribution in [0, 0.1) is 0 Å². The van der Waals surface area contributed by atoms with Gasteiger partial charge in [0.15, 0.2) is 0 Å². The summed E-state index contributed by atoms with van der Waals surface area (Å²) >= 11 is 0. The van der Waals surface area contributed by atoms with Gasteiger partial charge in [-0.1, -0.05) is 32.4 Å². The molecule has 0 saturated carbocycles. The van der Waals surface area contributed by atoms with Crippen LogP contribution in [-0.2, 0) is 22.6 Å². The van der Waals surface area contributed by atoms with Crippen LogP contribution in [-0.4, -0.2) is 44.5 Å². The lowest BCUT2D eigenvalue weighted by Gasteiger charge is -2.24. The Morgan fingerprint density at radius 2 is 2.23 bits per heavy atom. The minimum atomic E-state index is -0.250. The van der Waals surface area contributed by atoms with E-state index >= 15 is 0 Å². The maximum Gasteiger partial charge on any atom is 0.290 e. The number of carboxylic acid groups (broad SMARTS) is 1. The summed E-state index contributed by atoms with van der Waals surface area (Å²) in [4.78, 5) is 26.9. The molecule has 122 valence electrons. The average Bonchev–Trinajstić information content (AvgIpc) is 3.14.